The molecule has 0 unspecified atom stereocenters. The van der Waals surface area contributed by atoms with Gasteiger partial charge in [-0.15, -0.1) is 0 Å². The third-order valence-electron chi connectivity index (χ3n) is 2.08. The van der Waals surface area contributed by atoms with Crippen molar-refractivity contribution in [1.29, 1.82) is 0 Å². The molecule has 0 saturated heterocycles. The molecule has 1 amide bonds. The molecule has 0 saturated carbocycles. The maximum Gasteiger partial charge on any atom is 0.254 e. The van der Waals surface area contributed by atoms with E-state index < -0.39 is 0 Å². The number of rotatable bonds is 7. The minimum absolute atomic E-state index is 0.0910. The van der Waals surface area contributed by atoms with Crippen molar-refractivity contribution in [2.45, 2.75) is 13.3 Å². The lowest BCUT2D eigenvalue weighted by Crippen LogP contribution is -2.25. The third kappa shape index (κ3) is 4.37. The Morgan fingerprint density at radius 3 is 3.00 bits per heavy atom. The lowest BCUT2D eigenvalue weighted by molar-refractivity contribution is 0.0943. The third-order valence-corrected chi connectivity index (χ3v) is 2.40. The van der Waals surface area contributed by atoms with Crippen LogP contribution < -0.4 is 5.32 Å². The number of halogens is 1. The maximum atomic E-state index is 11.6. The molecule has 0 fully saturated rings. The highest BCUT2D eigenvalue weighted by atomic mass is 79.9. The standard InChI is InChI=1S/C11H16BrNO3/c1-9-10(3-7-16-9)11(14)13-5-2-6-15-8-4-12/h3,7H,2,4-6,8H2,1H3,(H,13,14). The summed E-state index contributed by atoms with van der Waals surface area (Å²) in [6, 6.07) is 1.67. The number of amides is 1. The molecule has 0 spiro atoms. The number of furan rings is 1. The van der Waals surface area contributed by atoms with Gasteiger partial charge in [-0.1, -0.05) is 15.9 Å². The van der Waals surface area contributed by atoms with E-state index in [-0.39, 0.29) is 5.91 Å². The normalized spacial score (nSPS) is 10.4. The second-order valence-electron chi connectivity index (χ2n) is 3.30. The number of carbonyl (C=O) groups excluding carboxylic acids is 1. The van der Waals surface area contributed by atoms with Gasteiger partial charge in [0.1, 0.15) is 5.76 Å². The Kier molecular flexibility index (Phi) is 6.18. The highest BCUT2D eigenvalue weighted by Crippen LogP contribution is 2.07. The van der Waals surface area contributed by atoms with Gasteiger partial charge in [0.25, 0.3) is 5.91 Å². The zero-order valence-corrected chi connectivity index (χ0v) is 10.9. The van der Waals surface area contributed by atoms with Crippen LogP contribution in [-0.4, -0.2) is 31.0 Å². The van der Waals surface area contributed by atoms with Crippen molar-refractivity contribution in [3.63, 3.8) is 0 Å². The summed E-state index contributed by atoms with van der Waals surface area (Å²) in [6.45, 7) is 3.75. The second kappa shape index (κ2) is 7.46. The Morgan fingerprint density at radius 2 is 2.38 bits per heavy atom. The molecule has 1 aromatic rings. The molecule has 16 heavy (non-hydrogen) atoms. The molecule has 1 rings (SSSR count). The number of carbonyl (C=O) groups is 1. The van der Waals surface area contributed by atoms with Gasteiger partial charge in [0, 0.05) is 18.5 Å². The number of alkyl halides is 1. The van der Waals surface area contributed by atoms with Crippen molar-refractivity contribution in [1.82, 2.24) is 5.32 Å². The molecule has 0 bridgehead atoms. The molecular formula is C11H16BrNO3. The molecule has 90 valence electrons. The zero-order valence-electron chi connectivity index (χ0n) is 9.29. The summed E-state index contributed by atoms with van der Waals surface area (Å²) in [4.78, 5) is 11.6. The minimum Gasteiger partial charge on any atom is -0.469 e. The summed E-state index contributed by atoms with van der Waals surface area (Å²) in [6.07, 6.45) is 2.33. The molecule has 0 aliphatic heterocycles. The van der Waals surface area contributed by atoms with Crippen molar-refractivity contribution in [2.24, 2.45) is 0 Å². The smallest absolute Gasteiger partial charge is 0.254 e. The first-order chi connectivity index (χ1) is 7.75. The van der Waals surface area contributed by atoms with E-state index in [1.807, 2.05) is 0 Å². The average Bonchev–Trinajstić information content (AvgIpc) is 2.69. The Bertz CT molecular complexity index is 325. The van der Waals surface area contributed by atoms with Crippen LogP contribution in [0.2, 0.25) is 0 Å². The Balaban J connectivity index is 2.14. The van der Waals surface area contributed by atoms with E-state index in [0.29, 0.717) is 31.1 Å². The minimum atomic E-state index is -0.0910. The van der Waals surface area contributed by atoms with Gasteiger partial charge in [0.2, 0.25) is 0 Å². The first kappa shape index (κ1) is 13.3. The molecule has 1 aromatic heterocycles. The van der Waals surface area contributed by atoms with E-state index >= 15 is 0 Å². The lowest BCUT2D eigenvalue weighted by Gasteiger charge is -2.04. The molecule has 0 radical (unpaired) electrons. The van der Waals surface area contributed by atoms with Crippen LogP contribution >= 0.6 is 15.9 Å². The van der Waals surface area contributed by atoms with Crippen LogP contribution in [0.1, 0.15) is 22.5 Å². The van der Waals surface area contributed by atoms with Crippen LogP contribution in [0.15, 0.2) is 16.7 Å². The SMILES string of the molecule is Cc1occc1C(=O)NCCCOCCBr. The van der Waals surface area contributed by atoms with Crippen LogP contribution in [0.5, 0.6) is 0 Å². The van der Waals surface area contributed by atoms with E-state index in [2.05, 4.69) is 21.2 Å². The van der Waals surface area contributed by atoms with Gasteiger partial charge in [-0.3, -0.25) is 4.79 Å². The fourth-order valence-corrected chi connectivity index (χ4v) is 1.48. The topological polar surface area (TPSA) is 51.5 Å². The van der Waals surface area contributed by atoms with Crippen molar-refractivity contribution < 1.29 is 13.9 Å². The predicted molar refractivity (Wildman–Crippen MR) is 65.0 cm³/mol. The van der Waals surface area contributed by atoms with Crippen LogP contribution in [-0.2, 0) is 4.74 Å². The average molecular weight is 290 g/mol. The molecule has 4 nitrogen and oxygen atoms in total. The lowest BCUT2D eigenvalue weighted by atomic mass is 10.2. The Labute approximate surface area is 103 Å². The first-order valence-corrected chi connectivity index (χ1v) is 6.34. The fourth-order valence-electron chi connectivity index (χ4n) is 1.25. The number of hydrogen-bond acceptors (Lipinski definition) is 3. The van der Waals surface area contributed by atoms with E-state index in [0.717, 1.165) is 11.8 Å². The molecular weight excluding hydrogens is 274 g/mol. The first-order valence-electron chi connectivity index (χ1n) is 5.21. The molecule has 0 aromatic carbocycles. The number of hydrogen-bond donors (Lipinski definition) is 1. The van der Waals surface area contributed by atoms with Crippen LogP contribution in [0.25, 0.3) is 0 Å². The van der Waals surface area contributed by atoms with Gasteiger partial charge in [-0.2, -0.15) is 0 Å². The van der Waals surface area contributed by atoms with Crippen LogP contribution in [0.3, 0.4) is 0 Å². The van der Waals surface area contributed by atoms with Gasteiger partial charge in [-0.05, 0) is 19.4 Å². The number of aryl methyl sites for hydroxylation is 1. The molecule has 0 aliphatic carbocycles. The van der Waals surface area contributed by atoms with Crippen molar-refractivity contribution in [3.8, 4) is 0 Å². The molecule has 0 atom stereocenters. The zero-order chi connectivity index (χ0) is 11.8. The highest BCUT2D eigenvalue weighted by Gasteiger charge is 2.09. The highest BCUT2D eigenvalue weighted by molar-refractivity contribution is 9.09. The van der Waals surface area contributed by atoms with Crippen molar-refractivity contribution >= 4 is 21.8 Å². The van der Waals surface area contributed by atoms with Crippen LogP contribution in [0, 0.1) is 6.92 Å². The van der Waals surface area contributed by atoms with Gasteiger partial charge < -0.3 is 14.5 Å². The Morgan fingerprint density at radius 1 is 1.56 bits per heavy atom. The fraction of sp³-hybridized carbons (Fsp3) is 0.545. The number of nitrogens with one attached hydrogen (secondary N) is 1. The molecule has 1 heterocycles. The van der Waals surface area contributed by atoms with Gasteiger partial charge in [-0.25, -0.2) is 0 Å². The van der Waals surface area contributed by atoms with E-state index in [9.17, 15) is 4.79 Å². The monoisotopic (exact) mass is 289 g/mol. The second-order valence-corrected chi connectivity index (χ2v) is 4.09. The summed E-state index contributed by atoms with van der Waals surface area (Å²) >= 11 is 3.27. The van der Waals surface area contributed by atoms with Crippen LogP contribution in [0.4, 0.5) is 0 Å². The summed E-state index contributed by atoms with van der Waals surface area (Å²) in [7, 11) is 0. The quantitative estimate of drug-likeness (QED) is 0.618. The predicted octanol–water partition coefficient (Wildman–Crippen LogP) is 2.12. The maximum absolute atomic E-state index is 11.6. The van der Waals surface area contributed by atoms with E-state index in [1.54, 1.807) is 13.0 Å². The van der Waals surface area contributed by atoms with Gasteiger partial charge in [0.15, 0.2) is 0 Å². The summed E-state index contributed by atoms with van der Waals surface area (Å²) < 4.78 is 10.3. The molecule has 1 N–H and O–H groups in total. The van der Waals surface area contributed by atoms with E-state index in [4.69, 9.17) is 9.15 Å². The largest absolute Gasteiger partial charge is 0.469 e. The van der Waals surface area contributed by atoms with Crippen molar-refractivity contribution in [3.05, 3.63) is 23.7 Å². The summed E-state index contributed by atoms with van der Waals surface area (Å²) in [5.41, 5.74) is 0.598. The summed E-state index contributed by atoms with van der Waals surface area (Å²) in [5.74, 6) is 0.555. The van der Waals surface area contributed by atoms with Gasteiger partial charge in [0.05, 0.1) is 18.4 Å². The Hall–Kier alpha value is -0.810. The number of ether oxygens (including phenoxy) is 1. The van der Waals surface area contributed by atoms with Crippen molar-refractivity contribution in [2.75, 3.05) is 25.1 Å². The molecule has 0 aliphatic rings. The molecule has 5 heteroatoms. The van der Waals surface area contributed by atoms with E-state index in [1.165, 1.54) is 6.26 Å². The summed E-state index contributed by atoms with van der Waals surface area (Å²) in [5, 5.41) is 3.65. The van der Waals surface area contributed by atoms with Gasteiger partial charge >= 0.3 is 0 Å².